The van der Waals surface area contributed by atoms with Crippen LogP contribution in [0.5, 0.6) is 0 Å². The van der Waals surface area contributed by atoms with Crippen molar-refractivity contribution in [2.45, 2.75) is 31.8 Å². The highest BCUT2D eigenvalue weighted by Crippen LogP contribution is 2.39. The lowest BCUT2D eigenvalue weighted by Crippen LogP contribution is -2.57. The van der Waals surface area contributed by atoms with Gasteiger partial charge in [-0.25, -0.2) is 0 Å². The van der Waals surface area contributed by atoms with E-state index >= 15 is 0 Å². The number of halogens is 4. The summed E-state index contributed by atoms with van der Waals surface area (Å²) in [5, 5.41) is 17.1. The summed E-state index contributed by atoms with van der Waals surface area (Å²) in [6.45, 7) is 1.52. The summed E-state index contributed by atoms with van der Waals surface area (Å²) in [4.78, 5) is 12.1. The molecule has 1 aromatic heterocycles. The van der Waals surface area contributed by atoms with E-state index in [0.717, 1.165) is 6.21 Å². The number of aromatic nitrogens is 2. The molecule has 0 spiro atoms. The molecule has 0 unspecified atom stereocenters. The van der Waals surface area contributed by atoms with E-state index in [9.17, 15) is 23.1 Å². The van der Waals surface area contributed by atoms with Gasteiger partial charge in [-0.2, -0.15) is 28.4 Å². The first-order chi connectivity index (χ1) is 9.65. The summed E-state index contributed by atoms with van der Waals surface area (Å²) in [6, 6.07) is 0. The van der Waals surface area contributed by atoms with Crippen LogP contribution in [0, 0.1) is 5.92 Å². The fraction of sp³-hybridized carbons (Fsp3) is 0.545. The predicted octanol–water partition coefficient (Wildman–Crippen LogP) is 1.75. The molecule has 1 aliphatic heterocycles. The van der Waals surface area contributed by atoms with E-state index < -0.39 is 30.1 Å². The van der Waals surface area contributed by atoms with Crippen LogP contribution in [0.2, 0.25) is 0 Å². The van der Waals surface area contributed by atoms with Crippen LogP contribution >= 0.6 is 15.9 Å². The molecule has 0 aliphatic carbocycles. The Hall–Kier alpha value is -1.42. The summed E-state index contributed by atoms with van der Waals surface area (Å²) in [5.41, 5.74) is -3.27. The second kappa shape index (κ2) is 5.41. The highest BCUT2D eigenvalue weighted by atomic mass is 79.9. The van der Waals surface area contributed by atoms with Gasteiger partial charge in [0.2, 0.25) is 5.91 Å². The molecule has 1 N–H and O–H groups in total. The lowest BCUT2D eigenvalue weighted by Gasteiger charge is -2.33. The van der Waals surface area contributed by atoms with Gasteiger partial charge in [0.15, 0.2) is 0 Å². The number of hydrazone groups is 1. The molecule has 10 heteroatoms. The Bertz CT molecular complexity index is 574. The van der Waals surface area contributed by atoms with E-state index in [1.54, 1.807) is 6.20 Å². The van der Waals surface area contributed by atoms with E-state index in [4.69, 9.17) is 0 Å². The van der Waals surface area contributed by atoms with Gasteiger partial charge < -0.3 is 5.11 Å². The average Bonchev–Trinajstić information content (AvgIpc) is 2.95. The molecule has 0 saturated heterocycles. The fourth-order valence-corrected chi connectivity index (χ4v) is 2.24. The third kappa shape index (κ3) is 2.95. The Kier molecular flexibility index (Phi) is 4.11. The molecule has 0 bridgehead atoms. The van der Waals surface area contributed by atoms with Crippen LogP contribution < -0.4 is 0 Å². The zero-order chi connectivity index (χ0) is 15.8. The maximum atomic E-state index is 12.9. The molecule has 1 amide bonds. The molecule has 1 aromatic rings. The van der Waals surface area contributed by atoms with Crippen LogP contribution in [0.15, 0.2) is 22.0 Å². The lowest BCUT2D eigenvalue weighted by atomic mass is 10.1. The Morgan fingerprint density at radius 2 is 2.29 bits per heavy atom. The number of aliphatic hydroxyl groups is 1. The third-order valence-corrected chi connectivity index (χ3v) is 3.48. The SMILES string of the molecule is C[C@@H](Cn1cc(Br)cn1)C(=O)N1N=CC[C@]1(O)C(F)(F)F. The van der Waals surface area contributed by atoms with Crippen LogP contribution in [0.3, 0.4) is 0 Å². The molecule has 0 fully saturated rings. The van der Waals surface area contributed by atoms with Crippen LogP contribution in [0.1, 0.15) is 13.3 Å². The van der Waals surface area contributed by atoms with Crippen molar-refractivity contribution in [2.75, 3.05) is 0 Å². The number of rotatable bonds is 3. The molecule has 2 atom stereocenters. The van der Waals surface area contributed by atoms with Gasteiger partial charge in [0, 0.05) is 18.8 Å². The minimum Gasteiger partial charge on any atom is -0.362 e. The molecule has 0 aromatic carbocycles. The van der Waals surface area contributed by atoms with Gasteiger partial charge in [-0.15, -0.1) is 0 Å². The number of amides is 1. The molecule has 0 saturated carbocycles. The number of alkyl halides is 3. The summed E-state index contributed by atoms with van der Waals surface area (Å²) in [7, 11) is 0. The van der Waals surface area contributed by atoms with Crippen molar-refractivity contribution >= 4 is 28.1 Å². The number of carbonyl (C=O) groups excluding carboxylic acids is 1. The first-order valence-corrected chi connectivity index (χ1v) is 6.78. The van der Waals surface area contributed by atoms with Crippen LogP contribution in [0.4, 0.5) is 13.2 Å². The van der Waals surface area contributed by atoms with E-state index in [1.807, 2.05) is 0 Å². The molecule has 2 heterocycles. The number of nitrogens with zero attached hydrogens (tertiary/aromatic N) is 4. The maximum Gasteiger partial charge on any atom is 0.438 e. The van der Waals surface area contributed by atoms with E-state index in [-0.39, 0.29) is 11.6 Å². The predicted molar refractivity (Wildman–Crippen MR) is 70.1 cm³/mol. The van der Waals surface area contributed by atoms with Crippen LogP contribution in [0.25, 0.3) is 0 Å². The van der Waals surface area contributed by atoms with Crippen molar-refractivity contribution in [3.05, 3.63) is 16.9 Å². The molecule has 21 heavy (non-hydrogen) atoms. The molecule has 0 radical (unpaired) electrons. The zero-order valence-electron chi connectivity index (χ0n) is 10.9. The second-order valence-corrected chi connectivity index (χ2v) is 5.66. The molecule has 1 aliphatic rings. The monoisotopic (exact) mass is 368 g/mol. The zero-order valence-corrected chi connectivity index (χ0v) is 12.5. The fourth-order valence-electron chi connectivity index (χ4n) is 1.91. The summed E-state index contributed by atoms with van der Waals surface area (Å²) in [6.07, 6.45) is -1.79. The minimum absolute atomic E-state index is 0.0738. The Labute approximate surface area is 126 Å². The van der Waals surface area contributed by atoms with Gasteiger partial charge in [-0.3, -0.25) is 9.48 Å². The minimum atomic E-state index is -4.98. The van der Waals surface area contributed by atoms with Gasteiger partial charge >= 0.3 is 6.18 Å². The number of carbonyl (C=O) groups is 1. The van der Waals surface area contributed by atoms with Gasteiger partial charge in [-0.05, 0) is 15.9 Å². The van der Waals surface area contributed by atoms with E-state index in [0.29, 0.717) is 4.47 Å². The quantitative estimate of drug-likeness (QED) is 0.883. The van der Waals surface area contributed by atoms with Crippen LogP contribution in [-0.4, -0.2) is 43.9 Å². The van der Waals surface area contributed by atoms with Crippen molar-refractivity contribution in [1.82, 2.24) is 14.8 Å². The van der Waals surface area contributed by atoms with Crippen LogP contribution in [-0.2, 0) is 11.3 Å². The smallest absolute Gasteiger partial charge is 0.362 e. The number of hydrogen-bond acceptors (Lipinski definition) is 4. The first-order valence-electron chi connectivity index (χ1n) is 5.99. The number of hydrogen-bond donors (Lipinski definition) is 1. The van der Waals surface area contributed by atoms with Crippen molar-refractivity contribution in [2.24, 2.45) is 11.0 Å². The van der Waals surface area contributed by atoms with E-state index in [2.05, 4.69) is 26.1 Å². The van der Waals surface area contributed by atoms with E-state index in [1.165, 1.54) is 17.8 Å². The van der Waals surface area contributed by atoms with Crippen molar-refractivity contribution in [3.8, 4) is 0 Å². The average molecular weight is 369 g/mol. The third-order valence-electron chi connectivity index (χ3n) is 3.07. The van der Waals surface area contributed by atoms with Crippen molar-refractivity contribution < 1.29 is 23.1 Å². The molecular formula is C11H12BrF3N4O2. The Morgan fingerprint density at radius 1 is 1.62 bits per heavy atom. The van der Waals surface area contributed by atoms with Gasteiger partial charge in [-0.1, -0.05) is 6.92 Å². The van der Waals surface area contributed by atoms with Gasteiger partial charge in [0.25, 0.3) is 5.72 Å². The normalized spacial score (nSPS) is 23.6. The van der Waals surface area contributed by atoms with Gasteiger partial charge in [0.05, 0.1) is 23.1 Å². The summed E-state index contributed by atoms with van der Waals surface area (Å²) in [5.74, 6) is -1.75. The van der Waals surface area contributed by atoms with Crippen molar-refractivity contribution in [3.63, 3.8) is 0 Å². The highest BCUT2D eigenvalue weighted by molar-refractivity contribution is 9.10. The molecule has 6 nitrogen and oxygen atoms in total. The van der Waals surface area contributed by atoms with Crippen molar-refractivity contribution in [1.29, 1.82) is 0 Å². The maximum absolute atomic E-state index is 12.9. The largest absolute Gasteiger partial charge is 0.438 e. The summed E-state index contributed by atoms with van der Waals surface area (Å²) >= 11 is 3.18. The second-order valence-electron chi connectivity index (χ2n) is 4.75. The molecule has 116 valence electrons. The topological polar surface area (TPSA) is 70.7 Å². The standard InChI is InChI=1S/C11H12BrF3N4O2/c1-7(5-18-6-8(12)4-17-18)9(20)19-10(21,2-3-16-19)11(13,14)15/h3-4,6-7,21H,2,5H2,1H3/t7-,10-/m0/s1. The molecule has 2 rings (SSSR count). The van der Waals surface area contributed by atoms with Gasteiger partial charge in [0.1, 0.15) is 0 Å². The lowest BCUT2D eigenvalue weighted by molar-refractivity contribution is -0.303. The first kappa shape index (κ1) is 16.0. The highest BCUT2D eigenvalue weighted by Gasteiger charge is 2.61. The summed E-state index contributed by atoms with van der Waals surface area (Å²) < 4.78 is 40.8. The molecular weight excluding hydrogens is 357 g/mol. The Morgan fingerprint density at radius 3 is 2.81 bits per heavy atom. The Balaban J connectivity index is 2.13.